The van der Waals surface area contributed by atoms with Crippen molar-refractivity contribution < 1.29 is 9.84 Å². The van der Waals surface area contributed by atoms with Crippen LogP contribution in [-0.4, -0.2) is 35.4 Å². The maximum Gasteiger partial charge on any atom is 0.332 e. The molecular weight excluding hydrogens is 448 g/mol. The molecule has 4 aromatic rings. The topological polar surface area (TPSA) is 128 Å². The van der Waals surface area contributed by atoms with Crippen molar-refractivity contribution in [3.63, 3.8) is 0 Å². The smallest absolute Gasteiger partial charge is 0.332 e. The molecule has 0 aliphatic rings. The van der Waals surface area contributed by atoms with Crippen LogP contribution in [0.1, 0.15) is 17.7 Å². The highest BCUT2D eigenvalue weighted by Gasteiger charge is 2.22. The van der Waals surface area contributed by atoms with Gasteiger partial charge in [0.1, 0.15) is 5.75 Å². The number of aliphatic hydroxyl groups is 1. The molecule has 0 saturated carbocycles. The highest BCUT2D eigenvalue weighted by atomic mass is 35.5. The zero-order valence-corrected chi connectivity index (χ0v) is 18.4. The number of hydrogen-bond acceptors (Lipinski definition) is 7. The fraction of sp³-hybridized carbons (Fsp3) is 0.227. The number of halogens is 1. The second-order valence-corrected chi connectivity index (χ2v) is 7.67. The molecule has 1 aromatic carbocycles. The molecule has 0 radical (unpaired) electrons. The van der Waals surface area contributed by atoms with Gasteiger partial charge >= 0.3 is 11.7 Å². The number of ether oxygens (including phenoxy) is 1. The average Bonchev–Trinajstić information content (AvgIpc) is 3.17. The van der Waals surface area contributed by atoms with Gasteiger partial charge in [-0.15, -0.1) is 0 Å². The van der Waals surface area contributed by atoms with Crippen LogP contribution in [0.3, 0.4) is 0 Å². The summed E-state index contributed by atoms with van der Waals surface area (Å²) >= 11 is 5.94. The van der Waals surface area contributed by atoms with E-state index in [9.17, 15) is 9.59 Å². The van der Waals surface area contributed by atoms with Crippen LogP contribution in [0.5, 0.6) is 11.8 Å². The summed E-state index contributed by atoms with van der Waals surface area (Å²) in [6.45, 7) is 0.0372. The standard InChI is InChI=1S/C22H19ClN6O4/c1-27-19-18(20(31)28(22(27)32)9-2-10-30)29(13-16-6-5-15(23)12-25-16)21(26-19)33-17-7-3-14(11-24)4-8-17/h3-8,12,30H,2,9-10,13H2,1H3. The van der Waals surface area contributed by atoms with E-state index >= 15 is 0 Å². The first-order valence-electron chi connectivity index (χ1n) is 10.0. The molecule has 0 aliphatic heterocycles. The summed E-state index contributed by atoms with van der Waals surface area (Å²) in [5.74, 6) is 0.403. The summed E-state index contributed by atoms with van der Waals surface area (Å²) in [4.78, 5) is 34.8. The van der Waals surface area contributed by atoms with Crippen molar-refractivity contribution in [2.75, 3.05) is 6.61 Å². The van der Waals surface area contributed by atoms with E-state index in [1.165, 1.54) is 17.8 Å². The molecule has 168 valence electrons. The Morgan fingerprint density at radius 3 is 2.55 bits per heavy atom. The SMILES string of the molecule is Cn1c(=O)n(CCCO)c(=O)c2c1nc(Oc1ccc(C#N)cc1)n2Cc1ccc(Cl)cn1. The predicted octanol–water partition coefficient (Wildman–Crippen LogP) is 2.04. The monoisotopic (exact) mass is 466 g/mol. The first-order chi connectivity index (χ1) is 15.9. The van der Waals surface area contributed by atoms with Crippen molar-refractivity contribution in [2.24, 2.45) is 7.05 Å². The van der Waals surface area contributed by atoms with Crippen molar-refractivity contribution >= 4 is 22.8 Å². The van der Waals surface area contributed by atoms with E-state index in [0.29, 0.717) is 22.0 Å². The second kappa shape index (κ2) is 9.28. The molecule has 10 nitrogen and oxygen atoms in total. The van der Waals surface area contributed by atoms with Crippen molar-refractivity contribution in [1.82, 2.24) is 23.7 Å². The summed E-state index contributed by atoms with van der Waals surface area (Å²) in [6.07, 6.45) is 1.74. The minimum absolute atomic E-state index is 0.0636. The molecule has 33 heavy (non-hydrogen) atoms. The number of pyridine rings is 1. The van der Waals surface area contributed by atoms with Gasteiger partial charge in [-0.05, 0) is 42.8 Å². The fourth-order valence-electron chi connectivity index (χ4n) is 3.37. The van der Waals surface area contributed by atoms with E-state index < -0.39 is 11.2 Å². The molecule has 0 bridgehead atoms. The maximum absolute atomic E-state index is 13.3. The van der Waals surface area contributed by atoms with E-state index in [-0.39, 0.29) is 43.3 Å². The lowest BCUT2D eigenvalue weighted by atomic mass is 10.2. The first kappa shape index (κ1) is 22.3. The van der Waals surface area contributed by atoms with Gasteiger partial charge in [0.2, 0.25) is 0 Å². The number of fused-ring (bicyclic) bond motifs is 1. The minimum atomic E-state index is -0.544. The Morgan fingerprint density at radius 1 is 1.15 bits per heavy atom. The van der Waals surface area contributed by atoms with E-state index in [1.807, 2.05) is 6.07 Å². The zero-order valence-electron chi connectivity index (χ0n) is 17.6. The van der Waals surface area contributed by atoms with E-state index in [4.69, 9.17) is 26.7 Å². The van der Waals surface area contributed by atoms with Gasteiger partial charge < -0.3 is 9.84 Å². The Balaban J connectivity index is 1.91. The van der Waals surface area contributed by atoms with Gasteiger partial charge in [0.05, 0.1) is 28.9 Å². The van der Waals surface area contributed by atoms with Crippen LogP contribution in [-0.2, 0) is 20.1 Å². The minimum Gasteiger partial charge on any atom is -0.425 e. The number of aromatic nitrogens is 5. The van der Waals surface area contributed by atoms with Crippen molar-refractivity contribution in [3.8, 4) is 17.8 Å². The molecule has 0 spiro atoms. The highest BCUT2D eigenvalue weighted by Crippen LogP contribution is 2.25. The van der Waals surface area contributed by atoms with Crippen LogP contribution in [0.25, 0.3) is 11.2 Å². The van der Waals surface area contributed by atoms with Crippen LogP contribution in [0.15, 0.2) is 52.2 Å². The molecule has 0 fully saturated rings. The number of imidazole rings is 1. The van der Waals surface area contributed by atoms with Gasteiger partial charge in [0.25, 0.3) is 5.56 Å². The van der Waals surface area contributed by atoms with Crippen LogP contribution in [0.4, 0.5) is 0 Å². The fourth-order valence-corrected chi connectivity index (χ4v) is 3.48. The third-order valence-corrected chi connectivity index (χ3v) is 5.26. The van der Waals surface area contributed by atoms with Gasteiger partial charge in [-0.1, -0.05) is 11.6 Å². The number of nitriles is 1. The number of aryl methyl sites for hydroxylation is 1. The molecule has 0 amide bonds. The quantitative estimate of drug-likeness (QED) is 0.441. The number of rotatable bonds is 7. The van der Waals surface area contributed by atoms with Crippen LogP contribution in [0, 0.1) is 11.3 Å². The summed E-state index contributed by atoms with van der Waals surface area (Å²) in [5.41, 5.74) is 0.296. The molecule has 0 saturated heterocycles. The first-order valence-corrected chi connectivity index (χ1v) is 10.4. The molecule has 11 heteroatoms. The van der Waals surface area contributed by atoms with Gasteiger partial charge in [-0.25, -0.2) is 4.79 Å². The predicted molar refractivity (Wildman–Crippen MR) is 121 cm³/mol. The van der Waals surface area contributed by atoms with Gasteiger partial charge in [0, 0.05) is 26.4 Å². The number of aliphatic hydroxyl groups excluding tert-OH is 1. The molecule has 3 heterocycles. The Morgan fingerprint density at radius 2 is 1.91 bits per heavy atom. The molecular formula is C22H19ClN6O4. The Kier molecular flexibility index (Phi) is 6.26. The van der Waals surface area contributed by atoms with Gasteiger partial charge in [-0.2, -0.15) is 10.2 Å². The summed E-state index contributed by atoms with van der Waals surface area (Å²) in [7, 11) is 1.52. The zero-order chi connectivity index (χ0) is 23.5. The lowest BCUT2D eigenvalue weighted by Gasteiger charge is -2.11. The summed E-state index contributed by atoms with van der Waals surface area (Å²) in [6, 6.07) is 11.9. The number of hydrogen-bond donors (Lipinski definition) is 1. The summed E-state index contributed by atoms with van der Waals surface area (Å²) in [5, 5.41) is 18.6. The lowest BCUT2D eigenvalue weighted by molar-refractivity contribution is 0.277. The van der Waals surface area contributed by atoms with Crippen LogP contribution < -0.4 is 16.0 Å². The Bertz CT molecular complexity index is 1460. The lowest BCUT2D eigenvalue weighted by Crippen LogP contribution is -2.39. The van der Waals surface area contributed by atoms with Crippen molar-refractivity contribution in [2.45, 2.75) is 19.5 Å². The third kappa shape index (κ3) is 4.37. The Labute approximate surface area is 192 Å². The maximum atomic E-state index is 13.3. The van der Waals surface area contributed by atoms with Crippen molar-refractivity contribution in [3.05, 3.63) is 79.7 Å². The van der Waals surface area contributed by atoms with Crippen LogP contribution in [0.2, 0.25) is 5.02 Å². The molecule has 0 aliphatic carbocycles. The van der Waals surface area contributed by atoms with Crippen molar-refractivity contribution in [1.29, 1.82) is 5.26 Å². The van der Waals surface area contributed by atoms with E-state index in [1.54, 1.807) is 41.0 Å². The number of benzene rings is 1. The van der Waals surface area contributed by atoms with Gasteiger partial charge in [-0.3, -0.25) is 23.5 Å². The molecule has 4 rings (SSSR count). The van der Waals surface area contributed by atoms with Gasteiger partial charge in [0.15, 0.2) is 11.2 Å². The normalized spacial score (nSPS) is 11.0. The third-order valence-electron chi connectivity index (χ3n) is 5.04. The van der Waals surface area contributed by atoms with E-state index in [0.717, 1.165) is 4.57 Å². The molecule has 0 unspecified atom stereocenters. The second-order valence-electron chi connectivity index (χ2n) is 7.23. The van der Waals surface area contributed by atoms with Crippen LogP contribution >= 0.6 is 11.6 Å². The number of nitrogens with zero attached hydrogens (tertiary/aromatic N) is 6. The summed E-state index contributed by atoms with van der Waals surface area (Å²) < 4.78 is 9.82. The average molecular weight is 467 g/mol. The molecule has 1 N–H and O–H groups in total. The molecule has 0 atom stereocenters. The molecule has 3 aromatic heterocycles. The van der Waals surface area contributed by atoms with E-state index in [2.05, 4.69) is 9.97 Å². The Hall–Kier alpha value is -3.94. The highest BCUT2D eigenvalue weighted by molar-refractivity contribution is 6.30. The largest absolute Gasteiger partial charge is 0.425 e.